The summed E-state index contributed by atoms with van der Waals surface area (Å²) in [5.41, 5.74) is 0. The van der Waals surface area contributed by atoms with E-state index in [1.165, 1.54) is 19.3 Å². The maximum Gasteiger partial charge on any atom is 0.155 e. The zero-order valence-corrected chi connectivity index (χ0v) is 9.78. The van der Waals surface area contributed by atoms with Crippen molar-refractivity contribution < 1.29 is 4.74 Å². The van der Waals surface area contributed by atoms with Crippen molar-refractivity contribution >= 4 is 0 Å². The minimum absolute atomic E-state index is 0.457. The van der Waals surface area contributed by atoms with Gasteiger partial charge in [0.1, 0.15) is 5.82 Å². The summed E-state index contributed by atoms with van der Waals surface area (Å²) in [5, 5.41) is 3.42. The largest absolute Gasteiger partial charge is 0.491 e. The molecule has 0 saturated carbocycles. The average Bonchev–Trinajstić information content (AvgIpc) is 2.59. The highest BCUT2D eigenvalue weighted by atomic mass is 16.5. The fourth-order valence-electron chi connectivity index (χ4n) is 2.02. The lowest BCUT2D eigenvalue weighted by atomic mass is 10.0. The van der Waals surface area contributed by atoms with Crippen LogP contribution in [-0.2, 0) is 0 Å². The Bertz CT molecular complexity index is 305. The molecular weight excluding hydrogens is 202 g/mol. The van der Waals surface area contributed by atoms with Crippen LogP contribution in [0.2, 0.25) is 0 Å². The molecule has 0 aromatic carbocycles. The lowest BCUT2D eigenvalue weighted by Crippen LogP contribution is -2.20. The van der Waals surface area contributed by atoms with Crippen molar-refractivity contribution in [3.05, 3.63) is 18.2 Å². The first-order chi connectivity index (χ1) is 7.90. The zero-order valence-electron chi connectivity index (χ0n) is 9.78. The third-order valence-corrected chi connectivity index (χ3v) is 2.87. The van der Waals surface area contributed by atoms with E-state index in [1.807, 2.05) is 6.92 Å². The van der Waals surface area contributed by atoms with Crippen molar-refractivity contribution in [2.24, 2.45) is 0 Å². The molecule has 1 aromatic heterocycles. The van der Waals surface area contributed by atoms with E-state index in [1.54, 1.807) is 12.4 Å². The van der Waals surface area contributed by atoms with Gasteiger partial charge in [-0.05, 0) is 26.3 Å². The third-order valence-electron chi connectivity index (χ3n) is 2.87. The van der Waals surface area contributed by atoms with E-state index in [-0.39, 0.29) is 0 Å². The Morgan fingerprint density at radius 1 is 1.38 bits per heavy atom. The number of hydrogen-bond donors (Lipinski definition) is 1. The lowest BCUT2D eigenvalue weighted by Gasteiger charge is -2.12. The molecule has 1 aromatic rings. The predicted octanol–water partition coefficient (Wildman–Crippen LogP) is 1.73. The van der Waals surface area contributed by atoms with Crippen LogP contribution in [0.3, 0.4) is 0 Å². The summed E-state index contributed by atoms with van der Waals surface area (Å²) in [6.45, 7) is 4.73. The molecule has 0 amide bonds. The third kappa shape index (κ3) is 2.92. The number of nitrogens with one attached hydrogen (secondary N) is 1. The first-order valence-electron chi connectivity index (χ1n) is 6.05. The Balaban J connectivity index is 2.01. The summed E-state index contributed by atoms with van der Waals surface area (Å²) in [7, 11) is 0. The van der Waals surface area contributed by atoms with E-state index in [0.29, 0.717) is 12.5 Å². The van der Waals surface area contributed by atoms with Crippen LogP contribution in [0, 0.1) is 0 Å². The molecule has 4 heteroatoms. The van der Waals surface area contributed by atoms with Crippen molar-refractivity contribution in [2.45, 2.75) is 32.1 Å². The van der Waals surface area contributed by atoms with Gasteiger partial charge in [0, 0.05) is 12.5 Å². The Kier molecular flexibility index (Phi) is 4.10. The average molecular weight is 221 g/mol. The Morgan fingerprint density at radius 3 is 2.94 bits per heavy atom. The molecule has 2 heterocycles. The number of hydrogen-bond acceptors (Lipinski definition) is 4. The molecule has 1 fully saturated rings. The second-order valence-corrected chi connectivity index (χ2v) is 4.11. The maximum atomic E-state index is 5.33. The van der Waals surface area contributed by atoms with Gasteiger partial charge in [0.15, 0.2) is 5.75 Å². The molecule has 88 valence electrons. The van der Waals surface area contributed by atoms with E-state index >= 15 is 0 Å². The van der Waals surface area contributed by atoms with Crippen LogP contribution in [0.4, 0.5) is 0 Å². The van der Waals surface area contributed by atoms with Crippen LogP contribution in [-0.4, -0.2) is 29.7 Å². The van der Waals surface area contributed by atoms with E-state index in [9.17, 15) is 0 Å². The quantitative estimate of drug-likeness (QED) is 0.844. The molecule has 16 heavy (non-hydrogen) atoms. The number of rotatable bonds is 3. The second kappa shape index (κ2) is 5.80. The van der Waals surface area contributed by atoms with E-state index < -0.39 is 0 Å². The van der Waals surface area contributed by atoms with Gasteiger partial charge in [-0.1, -0.05) is 6.42 Å². The minimum Gasteiger partial charge on any atom is -0.491 e. The van der Waals surface area contributed by atoms with Crippen LogP contribution in [0.1, 0.15) is 37.9 Å². The molecule has 1 saturated heterocycles. The molecule has 4 nitrogen and oxygen atoms in total. The van der Waals surface area contributed by atoms with E-state index in [4.69, 9.17) is 4.74 Å². The summed E-state index contributed by atoms with van der Waals surface area (Å²) in [5.74, 6) is 2.16. The molecule has 0 bridgehead atoms. The smallest absolute Gasteiger partial charge is 0.155 e. The molecule has 1 aliphatic rings. The Morgan fingerprint density at radius 2 is 2.19 bits per heavy atom. The summed E-state index contributed by atoms with van der Waals surface area (Å²) >= 11 is 0. The summed E-state index contributed by atoms with van der Waals surface area (Å²) in [6, 6.07) is 0. The maximum absolute atomic E-state index is 5.33. The Labute approximate surface area is 96.4 Å². The van der Waals surface area contributed by atoms with Gasteiger partial charge in [0.2, 0.25) is 0 Å². The fourth-order valence-corrected chi connectivity index (χ4v) is 2.02. The van der Waals surface area contributed by atoms with Gasteiger partial charge in [0.05, 0.1) is 19.0 Å². The molecule has 1 N–H and O–H groups in total. The molecule has 1 unspecified atom stereocenters. The van der Waals surface area contributed by atoms with Gasteiger partial charge in [-0.3, -0.25) is 0 Å². The van der Waals surface area contributed by atoms with Crippen molar-refractivity contribution in [3.63, 3.8) is 0 Å². The van der Waals surface area contributed by atoms with Gasteiger partial charge >= 0.3 is 0 Å². The predicted molar refractivity (Wildman–Crippen MR) is 62.7 cm³/mol. The summed E-state index contributed by atoms with van der Waals surface area (Å²) in [4.78, 5) is 8.77. The van der Waals surface area contributed by atoms with Crippen molar-refractivity contribution in [1.29, 1.82) is 0 Å². The van der Waals surface area contributed by atoms with Crippen molar-refractivity contribution in [2.75, 3.05) is 19.7 Å². The highest BCUT2D eigenvalue weighted by Crippen LogP contribution is 2.20. The normalized spacial score (nSPS) is 21.4. The van der Waals surface area contributed by atoms with Gasteiger partial charge in [-0.2, -0.15) is 0 Å². The zero-order chi connectivity index (χ0) is 11.2. The lowest BCUT2D eigenvalue weighted by molar-refractivity contribution is 0.336. The van der Waals surface area contributed by atoms with Gasteiger partial charge in [0.25, 0.3) is 0 Å². The second-order valence-electron chi connectivity index (χ2n) is 4.11. The number of nitrogens with zero attached hydrogens (tertiary/aromatic N) is 2. The highest BCUT2D eigenvalue weighted by Gasteiger charge is 2.16. The molecule has 1 atom stereocenters. The number of ether oxygens (including phenoxy) is 1. The number of aromatic nitrogens is 2. The van der Waals surface area contributed by atoms with Crippen LogP contribution >= 0.6 is 0 Å². The van der Waals surface area contributed by atoms with Crippen LogP contribution in [0.15, 0.2) is 12.4 Å². The van der Waals surface area contributed by atoms with Crippen molar-refractivity contribution in [3.8, 4) is 5.75 Å². The molecule has 0 spiro atoms. The van der Waals surface area contributed by atoms with Gasteiger partial charge < -0.3 is 10.1 Å². The molecule has 1 aliphatic heterocycles. The Hall–Kier alpha value is -1.16. The SMILES string of the molecule is CCOc1cnc(C2CCCCNC2)nc1. The van der Waals surface area contributed by atoms with Gasteiger partial charge in [-0.15, -0.1) is 0 Å². The highest BCUT2D eigenvalue weighted by molar-refractivity contribution is 5.14. The molecule has 2 rings (SSSR count). The summed E-state index contributed by atoms with van der Waals surface area (Å²) < 4.78 is 5.33. The first kappa shape index (κ1) is 11.3. The van der Waals surface area contributed by atoms with E-state index in [0.717, 1.165) is 24.7 Å². The van der Waals surface area contributed by atoms with Crippen LogP contribution in [0.25, 0.3) is 0 Å². The van der Waals surface area contributed by atoms with Crippen molar-refractivity contribution in [1.82, 2.24) is 15.3 Å². The van der Waals surface area contributed by atoms with Crippen LogP contribution < -0.4 is 10.1 Å². The monoisotopic (exact) mass is 221 g/mol. The topological polar surface area (TPSA) is 47.0 Å². The fraction of sp³-hybridized carbons (Fsp3) is 0.667. The molecule has 0 radical (unpaired) electrons. The first-order valence-corrected chi connectivity index (χ1v) is 6.05. The standard InChI is InChI=1S/C12H19N3O/c1-2-16-11-8-14-12(15-9-11)10-5-3-4-6-13-7-10/h8-10,13H,2-7H2,1H3. The molecular formula is C12H19N3O. The minimum atomic E-state index is 0.457. The van der Waals surface area contributed by atoms with Crippen LogP contribution in [0.5, 0.6) is 5.75 Å². The summed E-state index contributed by atoms with van der Waals surface area (Å²) in [6.07, 6.45) is 7.25. The van der Waals surface area contributed by atoms with E-state index in [2.05, 4.69) is 15.3 Å². The van der Waals surface area contributed by atoms with Gasteiger partial charge in [-0.25, -0.2) is 9.97 Å². The molecule has 0 aliphatic carbocycles.